The molecule has 5 heteroatoms. The standard InChI is InChI=1S/C22H32O5/c23-20(12-14-1-2-14)13-15-3-5-21(6-4-15)24-26-22(27-25-21)18-8-16-7-17(10-18)11-19(22)9-16/h14-19H,1-13H2. The lowest BCUT2D eigenvalue weighted by Crippen LogP contribution is -2.64. The molecule has 0 amide bonds. The third-order valence-electron chi connectivity index (χ3n) is 8.52. The lowest BCUT2D eigenvalue weighted by molar-refractivity contribution is -0.680. The molecular weight excluding hydrogens is 344 g/mol. The fourth-order valence-corrected chi connectivity index (χ4v) is 6.96. The first-order valence-electron chi connectivity index (χ1n) is 11.4. The Bertz CT molecular complexity index is 564. The zero-order chi connectivity index (χ0) is 18.1. The topological polar surface area (TPSA) is 54.0 Å². The minimum atomic E-state index is -0.754. The minimum Gasteiger partial charge on any atom is -0.300 e. The summed E-state index contributed by atoms with van der Waals surface area (Å²) in [7, 11) is 0. The molecule has 0 N–H and O–H groups in total. The van der Waals surface area contributed by atoms with E-state index in [0.29, 0.717) is 29.5 Å². The van der Waals surface area contributed by atoms with Crippen LogP contribution < -0.4 is 0 Å². The van der Waals surface area contributed by atoms with Crippen molar-refractivity contribution in [3.05, 3.63) is 0 Å². The van der Waals surface area contributed by atoms with E-state index in [2.05, 4.69) is 0 Å². The fourth-order valence-electron chi connectivity index (χ4n) is 6.96. The van der Waals surface area contributed by atoms with E-state index in [0.717, 1.165) is 50.4 Å². The summed E-state index contributed by atoms with van der Waals surface area (Å²) < 4.78 is 0. The molecule has 0 aromatic heterocycles. The molecule has 2 spiro atoms. The first-order valence-corrected chi connectivity index (χ1v) is 11.4. The van der Waals surface area contributed by atoms with E-state index in [1.54, 1.807) is 0 Å². The highest BCUT2D eigenvalue weighted by Gasteiger charge is 2.64. The van der Waals surface area contributed by atoms with Gasteiger partial charge in [-0.15, -0.1) is 0 Å². The molecule has 5 nitrogen and oxygen atoms in total. The van der Waals surface area contributed by atoms with Crippen LogP contribution in [0.1, 0.15) is 83.5 Å². The van der Waals surface area contributed by atoms with Crippen molar-refractivity contribution in [2.24, 2.45) is 35.5 Å². The van der Waals surface area contributed by atoms with Crippen LogP contribution in [-0.4, -0.2) is 17.4 Å². The van der Waals surface area contributed by atoms with Crippen LogP contribution in [0, 0.1) is 35.5 Å². The molecule has 0 aromatic rings. The zero-order valence-electron chi connectivity index (χ0n) is 16.2. The molecule has 0 atom stereocenters. The van der Waals surface area contributed by atoms with E-state index in [1.807, 2.05) is 0 Å². The predicted molar refractivity (Wildman–Crippen MR) is 95.8 cm³/mol. The van der Waals surface area contributed by atoms with Gasteiger partial charge in [0.15, 0.2) is 0 Å². The lowest BCUT2D eigenvalue weighted by Gasteiger charge is -2.60. The van der Waals surface area contributed by atoms with Gasteiger partial charge in [-0.2, -0.15) is 19.6 Å². The number of hydrogen-bond acceptors (Lipinski definition) is 5. The molecule has 7 rings (SSSR count). The summed E-state index contributed by atoms with van der Waals surface area (Å²) in [5.74, 6) is 2.73. The van der Waals surface area contributed by atoms with Crippen LogP contribution in [-0.2, 0) is 24.3 Å². The monoisotopic (exact) mass is 376 g/mol. The molecule has 1 heterocycles. The van der Waals surface area contributed by atoms with Crippen LogP contribution in [0.2, 0.25) is 0 Å². The van der Waals surface area contributed by atoms with Crippen molar-refractivity contribution in [1.82, 2.24) is 0 Å². The first-order chi connectivity index (χ1) is 13.1. The van der Waals surface area contributed by atoms with Crippen molar-refractivity contribution in [1.29, 1.82) is 0 Å². The van der Waals surface area contributed by atoms with Gasteiger partial charge in [-0.1, -0.05) is 0 Å². The van der Waals surface area contributed by atoms with Crippen molar-refractivity contribution in [2.75, 3.05) is 0 Å². The Morgan fingerprint density at radius 1 is 0.704 bits per heavy atom. The Morgan fingerprint density at radius 2 is 1.22 bits per heavy atom. The second-order valence-corrected chi connectivity index (χ2v) is 10.6. The molecule has 7 fully saturated rings. The average molecular weight is 376 g/mol. The van der Waals surface area contributed by atoms with Gasteiger partial charge in [-0.3, -0.25) is 4.79 Å². The van der Waals surface area contributed by atoms with Gasteiger partial charge in [0.2, 0.25) is 11.6 Å². The summed E-state index contributed by atoms with van der Waals surface area (Å²) in [6, 6.07) is 0. The van der Waals surface area contributed by atoms with Gasteiger partial charge in [-0.25, -0.2) is 0 Å². The molecule has 1 aliphatic heterocycles. The maximum Gasteiger partial charge on any atom is 0.239 e. The van der Waals surface area contributed by atoms with Crippen LogP contribution in [0.4, 0.5) is 0 Å². The van der Waals surface area contributed by atoms with Crippen molar-refractivity contribution in [3.8, 4) is 0 Å². The molecule has 1 saturated heterocycles. The quantitative estimate of drug-likeness (QED) is 0.666. The van der Waals surface area contributed by atoms with E-state index in [-0.39, 0.29) is 0 Å². The molecule has 0 aromatic carbocycles. The summed E-state index contributed by atoms with van der Waals surface area (Å²) in [6.07, 6.45) is 13.6. The van der Waals surface area contributed by atoms with E-state index in [1.165, 1.54) is 44.9 Å². The smallest absolute Gasteiger partial charge is 0.239 e. The Labute approximate surface area is 161 Å². The van der Waals surface area contributed by atoms with E-state index < -0.39 is 11.6 Å². The van der Waals surface area contributed by atoms with Crippen LogP contribution in [0.5, 0.6) is 0 Å². The average Bonchev–Trinajstić information content (AvgIpc) is 3.47. The summed E-state index contributed by atoms with van der Waals surface area (Å²) in [5.41, 5.74) is 0. The van der Waals surface area contributed by atoms with Gasteiger partial charge < -0.3 is 0 Å². The molecule has 0 unspecified atom stereocenters. The molecule has 6 saturated carbocycles. The summed E-state index contributed by atoms with van der Waals surface area (Å²) in [4.78, 5) is 36.3. The van der Waals surface area contributed by atoms with Gasteiger partial charge in [0.05, 0.1) is 0 Å². The zero-order valence-corrected chi connectivity index (χ0v) is 16.2. The van der Waals surface area contributed by atoms with Gasteiger partial charge in [-0.05, 0) is 81.5 Å². The largest absolute Gasteiger partial charge is 0.300 e. The van der Waals surface area contributed by atoms with E-state index >= 15 is 0 Å². The minimum absolute atomic E-state index is 0.419. The van der Waals surface area contributed by atoms with Gasteiger partial charge >= 0.3 is 0 Å². The highest BCUT2D eigenvalue weighted by Crippen LogP contribution is 2.62. The Kier molecular flexibility index (Phi) is 4.02. The highest BCUT2D eigenvalue weighted by atomic mass is 17.4. The van der Waals surface area contributed by atoms with Crippen LogP contribution >= 0.6 is 0 Å². The second kappa shape index (κ2) is 6.25. The SMILES string of the molecule is O=C(CC1CC1)CC1CCC2(CC1)OOC1(OO2)C2CC3CC(C2)CC1C3. The molecule has 7 aliphatic rings. The van der Waals surface area contributed by atoms with Crippen LogP contribution in [0.25, 0.3) is 0 Å². The Morgan fingerprint density at radius 3 is 1.74 bits per heavy atom. The first kappa shape index (κ1) is 17.4. The number of rotatable bonds is 4. The van der Waals surface area contributed by atoms with Crippen molar-refractivity contribution >= 4 is 5.78 Å². The van der Waals surface area contributed by atoms with E-state index in [9.17, 15) is 4.79 Å². The third kappa shape index (κ3) is 3.00. The van der Waals surface area contributed by atoms with Crippen molar-refractivity contribution in [3.63, 3.8) is 0 Å². The van der Waals surface area contributed by atoms with Gasteiger partial charge in [0, 0.05) is 37.5 Å². The highest BCUT2D eigenvalue weighted by molar-refractivity contribution is 5.79. The lowest BCUT2D eigenvalue weighted by atomic mass is 9.53. The summed E-state index contributed by atoms with van der Waals surface area (Å²) in [5, 5.41) is 0. The maximum absolute atomic E-state index is 12.2. The maximum atomic E-state index is 12.2. The molecule has 27 heavy (non-hydrogen) atoms. The van der Waals surface area contributed by atoms with Crippen molar-refractivity contribution in [2.45, 2.75) is 95.0 Å². The fraction of sp³-hybridized carbons (Fsp3) is 0.955. The summed E-state index contributed by atoms with van der Waals surface area (Å²) >= 11 is 0. The number of Topliss-reactive ketones (excluding diaryl/α,β-unsaturated/α-hetero) is 1. The normalized spacial score (nSPS) is 51.2. The number of hydrogen-bond donors (Lipinski definition) is 0. The Balaban J connectivity index is 1.05. The molecule has 6 aliphatic carbocycles. The van der Waals surface area contributed by atoms with Gasteiger partial charge in [0.1, 0.15) is 5.78 Å². The summed E-state index contributed by atoms with van der Waals surface area (Å²) in [6.45, 7) is 0. The Hall–Kier alpha value is -0.490. The van der Waals surface area contributed by atoms with Crippen molar-refractivity contribution < 1.29 is 24.3 Å². The predicted octanol–water partition coefficient (Wildman–Crippen LogP) is 4.69. The van der Waals surface area contributed by atoms with Crippen LogP contribution in [0.15, 0.2) is 0 Å². The molecular formula is C22H32O5. The third-order valence-corrected chi connectivity index (χ3v) is 8.52. The number of carbonyl (C=O) groups is 1. The van der Waals surface area contributed by atoms with Gasteiger partial charge in [0.25, 0.3) is 0 Å². The molecule has 0 radical (unpaired) electrons. The number of ketones is 1. The van der Waals surface area contributed by atoms with E-state index in [4.69, 9.17) is 19.6 Å². The molecule has 150 valence electrons. The van der Waals surface area contributed by atoms with Crippen LogP contribution in [0.3, 0.4) is 0 Å². The number of carbonyl (C=O) groups excluding carboxylic acids is 1. The second-order valence-electron chi connectivity index (χ2n) is 10.6. The molecule has 4 bridgehead atoms.